The van der Waals surface area contributed by atoms with Crippen molar-refractivity contribution < 1.29 is 4.79 Å². The van der Waals surface area contributed by atoms with Gasteiger partial charge in [-0.2, -0.15) is 5.26 Å². The molecule has 1 aromatic rings. The number of nitrogens with two attached hydrogens (primary N) is 1. The van der Waals surface area contributed by atoms with Gasteiger partial charge in [0.25, 0.3) is 0 Å². The molecule has 1 heterocycles. The quantitative estimate of drug-likeness (QED) is 0.873. The van der Waals surface area contributed by atoms with Crippen molar-refractivity contribution in [3.63, 3.8) is 0 Å². The summed E-state index contributed by atoms with van der Waals surface area (Å²) < 4.78 is 0. The van der Waals surface area contributed by atoms with E-state index < -0.39 is 6.04 Å². The zero-order valence-corrected chi connectivity index (χ0v) is 11.3. The van der Waals surface area contributed by atoms with Crippen LogP contribution in [0.5, 0.6) is 0 Å². The van der Waals surface area contributed by atoms with Gasteiger partial charge in [0.15, 0.2) is 0 Å². The van der Waals surface area contributed by atoms with E-state index in [1.54, 1.807) is 0 Å². The standard InChI is InChI=1S/C13H17N3OS/c1-2-4-10(15)12(17)16-13-9(7-14)8-5-3-6-11(8)18-13/h10H,2-6,15H2,1H3,(H,16,17)/t10-/m1/s1. The summed E-state index contributed by atoms with van der Waals surface area (Å²) in [5, 5.41) is 12.7. The second-order valence-electron chi connectivity index (χ2n) is 4.56. The zero-order valence-electron chi connectivity index (χ0n) is 10.5. The lowest BCUT2D eigenvalue weighted by Crippen LogP contribution is -2.35. The molecule has 1 aromatic heterocycles. The van der Waals surface area contributed by atoms with Crippen molar-refractivity contribution in [2.75, 3.05) is 5.32 Å². The Hall–Kier alpha value is -1.38. The Balaban J connectivity index is 2.15. The van der Waals surface area contributed by atoms with Crippen LogP contribution in [0.3, 0.4) is 0 Å². The monoisotopic (exact) mass is 263 g/mol. The van der Waals surface area contributed by atoms with Gasteiger partial charge in [0.1, 0.15) is 11.1 Å². The Morgan fingerprint density at radius 3 is 3.06 bits per heavy atom. The van der Waals surface area contributed by atoms with Crippen LogP contribution in [0.2, 0.25) is 0 Å². The van der Waals surface area contributed by atoms with E-state index in [4.69, 9.17) is 5.73 Å². The molecule has 18 heavy (non-hydrogen) atoms. The van der Waals surface area contributed by atoms with Crippen LogP contribution in [-0.4, -0.2) is 11.9 Å². The molecular formula is C13H17N3OS. The van der Waals surface area contributed by atoms with Gasteiger partial charge in [-0.1, -0.05) is 13.3 Å². The molecule has 0 unspecified atom stereocenters. The van der Waals surface area contributed by atoms with Gasteiger partial charge < -0.3 is 11.1 Å². The Kier molecular flexibility index (Phi) is 4.00. The first-order valence-corrected chi connectivity index (χ1v) is 7.10. The number of hydrogen-bond donors (Lipinski definition) is 2. The number of hydrogen-bond acceptors (Lipinski definition) is 4. The van der Waals surface area contributed by atoms with Gasteiger partial charge in [0.2, 0.25) is 5.91 Å². The van der Waals surface area contributed by atoms with E-state index in [0.717, 1.165) is 31.2 Å². The number of nitrogens with zero attached hydrogens (tertiary/aromatic N) is 1. The minimum Gasteiger partial charge on any atom is -0.320 e. The van der Waals surface area contributed by atoms with Crippen molar-refractivity contribution in [3.8, 4) is 6.07 Å². The van der Waals surface area contributed by atoms with Crippen LogP contribution < -0.4 is 11.1 Å². The van der Waals surface area contributed by atoms with Gasteiger partial charge in [-0.3, -0.25) is 4.79 Å². The zero-order chi connectivity index (χ0) is 13.1. The van der Waals surface area contributed by atoms with Crippen LogP contribution in [0, 0.1) is 11.3 Å². The summed E-state index contributed by atoms with van der Waals surface area (Å²) in [6, 6.07) is 1.72. The molecule has 0 saturated heterocycles. The topological polar surface area (TPSA) is 78.9 Å². The third kappa shape index (κ3) is 2.40. The van der Waals surface area contributed by atoms with Crippen LogP contribution >= 0.6 is 11.3 Å². The van der Waals surface area contributed by atoms with Crippen LogP contribution in [0.1, 0.15) is 42.2 Å². The van der Waals surface area contributed by atoms with Crippen LogP contribution in [0.15, 0.2) is 0 Å². The van der Waals surface area contributed by atoms with Gasteiger partial charge in [-0.05, 0) is 31.2 Å². The predicted molar refractivity (Wildman–Crippen MR) is 72.6 cm³/mol. The molecule has 0 fully saturated rings. The second-order valence-corrected chi connectivity index (χ2v) is 5.66. The van der Waals surface area contributed by atoms with Crippen molar-refractivity contribution in [1.29, 1.82) is 5.26 Å². The summed E-state index contributed by atoms with van der Waals surface area (Å²) in [6.07, 6.45) is 4.62. The Labute approximate surface area is 111 Å². The second kappa shape index (κ2) is 5.51. The number of anilines is 1. The molecule has 4 nitrogen and oxygen atoms in total. The number of aryl methyl sites for hydroxylation is 1. The van der Waals surface area contributed by atoms with E-state index in [9.17, 15) is 10.1 Å². The molecule has 2 rings (SSSR count). The molecule has 1 amide bonds. The predicted octanol–water partition coefficient (Wildman–Crippen LogP) is 2.17. The van der Waals surface area contributed by atoms with E-state index in [1.807, 2.05) is 6.92 Å². The molecule has 0 spiro atoms. The Morgan fingerprint density at radius 2 is 2.39 bits per heavy atom. The average Bonchev–Trinajstić information content (AvgIpc) is 2.89. The number of fused-ring (bicyclic) bond motifs is 1. The molecule has 96 valence electrons. The van der Waals surface area contributed by atoms with E-state index in [1.165, 1.54) is 16.2 Å². The number of nitriles is 1. The number of nitrogens with one attached hydrogen (secondary N) is 1. The first kappa shape index (κ1) is 13.1. The highest BCUT2D eigenvalue weighted by atomic mass is 32.1. The Morgan fingerprint density at radius 1 is 1.61 bits per heavy atom. The van der Waals surface area contributed by atoms with Crippen molar-refractivity contribution in [1.82, 2.24) is 0 Å². The normalized spacial score (nSPS) is 14.9. The van der Waals surface area contributed by atoms with E-state index in [2.05, 4.69) is 11.4 Å². The fourth-order valence-electron chi connectivity index (χ4n) is 2.26. The maximum absolute atomic E-state index is 11.9. The highest BCUT2D eigenvalue weighted by molar-refractivity contribution is 7.16. The third-order valence-electron chi connectivity index (χ3n) is 3.21. The molecule has 5 heteroatoms. The van der Waals surface area contributed by atoms with Gasteiger partial charge in [0, 0.05) is 4.88 Å². The molecule has 0 aromatic carbocycles. The smallest absolute Gasteiger partial charge is 0.241 e. The van der Waals surface area contributed by atoms with Gasteiger partial charge >= 0.3 is 0 Å². The number of thiophene rings is 1. The lowest BCUT2D eigenvalue weighted by atomic mass is 10.1. The van der Waals surface area contributed by atoms with Crippen LogP contribution in [0.4, 0.5) is 5.00 Å². The summed E-state index contributed by atoms with van der Waals surface area (Å²) >= 11 is 1.53. The van der Waals surface area contributed by atoms with Crippen LogP contribution in [-0.2, 0) is 17.6 Å². The largest absolute Gasteiger partial charge is 0.320 e. The SMILES string of the molecule is CCC[C@@H](N)C(=O)Nc1sc2c(c1C#N)CCC2. The van der Waals surface area contributed by atoms with E-state index in [0.29, 0.717) is 17.0 Å². The van der Waals surface area contributed by atoms with Gasteiger partial charge in [-0.15, -0.1) is 11.3 Å². The minimum atomic E-state index is -0.488. The molecule has 0 bridgehead atoms. The van der Waals surface area contributed by atoms with E-state index >= 15 is 0 Å². The molecule has 1 aliphatic rings. The van der Waals surface area contributed by atoms with Crippen molar-refractivity contribution in [2.45, 2.75) is 45.1 Å². The highest BCUT2D eigenvalue weighted by Gasteiger charge is 2.24. The summed E-state index contributed by atoms with van der Waals surface area (Å²) in [4.78, 5) is 13.1. The van der Waals surface area contributed by atoms with Crippen molar-refractivity contribution in [2.24, 2.45) is 5.73 Å². The average molecular weight is 263 g/mol. The van der Waals surface area contributed by atoms with Gasteiger partial charge in [-0.25, -0.2) is 0 Å². The fraction of sp³-hybridized carbons (Fsp3) is 0.538. The summed E-state index contributed by atoms with van der Waals surface area (Å²) in [5.74, 6) is -0.187. The molecule has 1 aliphatic carbocycles. The first-order valence-electron chi connectivity index (χ1n) is 6.28. The number of amides is 1. The number of carbonyl (C=O) groups is 1. The summed E-state index contributed by atoms with van der Waals surface area (Å²) in [5.41, 5.74) is 7.54. The lowest BCUT2D eigenvalue weighted by molar-refractivity contribution is -0.117. The molecule has 3 N–H and O–H groups in total. The highest BCUT2D eigenvalue weighted by Crippen LogP contribution is 2.38. The van der Waals surface area contributed by atoms with Crippen LogP contribution in [0.25, 0.3) is 0 Å². The molecule has 0 radical (unpaired) electrons. The maximum atomic E-state index is 11.9. The third-order valence-corrected chi connectivity index (χ3v) is 4.41. The Bertz CT molecular complexity index is 501. The minimum absolute atomic E-state index is 0.187. The molecule has 0 aliphatic heterocycles. The summed E-state index contributed by atoms with van der Waals surface area (Å²) in [6.45, 7) is 1.99. The fourth-order valence-corrected chi connectivity index (χ4v) is 3.50. The number of carbonyl (C=O) groups excluding carboxylic acids is 1. The number of rotatable bonds is 4. The first-order chi connectivity index (χ1) is 8.67. The lowest BCUT2D eigenvalue weighted by Gasteiger charge is -2.10. The summed E-state index contributed by atoms with van der Waals surface area (Å²) in [7, 11) is 0. The van der Waals surface area contributed by atoms with Crippen molar-refractivity contribution in [3.05, 3.63) is 16.0 Å². The molecule has 0 saturated carbocycles. The van der Waals surface area contributed by atoms with Crippen molar-refractivity contribution >= 4 is 22.2 Å². The van der Waals surface area contributed by atoms with E-state index in [-0.39, 0.29) is 5.91 Å². The molecule has 1 atom stereocenters. The molecular weight excluding hydrogens is 246 g/mol. The maximum Gasteiger partial charge on any atom is 0.241 e. The van der Waals surface area contributed by atoms with Gasteiger partial charge in [0.05, 0.1) is 11.6 Å².